The average Bonchev–Trinajstić information content (AvgIpc) is 2.10. The second kappa shape index (κ2) is 4.74. The molecule has 1 unspecified atom stereocenters. The molecule has 1 aromatic rings. The van der Waals surface area contributed by atoms with Crippen LogP contribution in [0.5, 0.6) is 0 Å². The summed E-state index contributed by atoms with van der Waals surface area (Å²) in [6.45, 7) is 0.191. The van der Waals surface area contributed by atoms with Gasteiger partial charge in [0.1, 0.15) is 0 Å². The molecule has 0 bridgehead atoms. The third-order valence-electron chi connectivity index (χ3n) is 1.48. The average molecular weight is 329 g/mol. The van der Waals surface area contributed by atoms with Crippen LogP contribution in [0.3, 0.4) is 0 Å². The summed E-state index contributed by atoms with van der Waals surface area (Å²) in [6, 6.07) is 0. The van der Waals surface area contributed by atoms with Gasteiger partial charge in [-0.1, -0.05) is 31.9 Å². The number of hydrogen-bond acceptors (Lipinski definition) is 3. The highest BCUT2D eigenvalue weighted by molar-refractivity contribution is 9.12. The largest absolute Gasteiger partial charge is 0.333 e. The molecule has 6 nitrogen and oxygen atoms in total. The van der Waals surface area contributed by atoms with Crippen LogP contribution >= 0.6 is 31.9 Å². The zero-order valence-electron chi connectivity index (χ0n) is 6.92. The molecule has 1 aromatic heterocycles. The van der Waals surface area contributed by atoms with E-state index < -0.39 is 17.1 Å². The van der Waals surface area contributed by atoms with Crippen molar-refractivity contribution in [2.75, 3.05) is 5.33 Å². The molecule has 0 aliphatic heterocycles. The van der Waals surface area contributed by atoms with Gasteiger partial charge in [-0.25, -0.2) is 19.0 Å². The fraction of sp³-hybridized carbons (Fsp3) is 0.500. The van der Waals surface area contributed by atoms with Gasteiger partial charge in [-0.15, -0.1) is 0 Å². The molecule has 0 radical (unpaired) electrons. The molecule has 2 N–H and O–H groups in total. The quantitative estimate of drug-likeness (QED) is 0.725. The minimum atomic E-state index is -0.791. The Hall–Kier alpha value is -0.630. The van der Waals surface area contributed by atoms with Crippen molar-refractivity contribution in [2.45, 2.75) is 11.4 Å². The van der Waals surface area contributed by atoms with Gasteiger partial charge < -0.3 is 0 Å². The Kier molecular flexibility index (Phi) is 3.87. The lowest BCUT2D eigenvalue weighted by atomic mass is 10.5. The monoisotopic (exact) mass is 327 g/mol. The maximum absolute atomic E-state index is 11.2. The maximum atomic E-state index is 11.2. The van der Waals surface area contributed by atoms with E-state index in [9.17, 15) is 14.4 Å². The Balaban J connectivity index is 3.16. The standard InChI is InChI=1S/C6H7Br2N3O3/c7-1-3(8)2-11-5(13)9-4(12)10-6(11)14/h3H,1-2H2,(H2,9,10,12,13,14). The SMILES string of the molecule is O=c1[nH]c(=O)n(CC(Br)CBr)c(=O)[nH]1. The van der Waals surface area contributed by atoms with Gasteiger partial charge in [-0.2, -0.15) is 0 Å². The Bertz CT molecular complexity index is 440. The second-order valence-corrected chi connectivity index (χ2v) is 4.49. The zero-order chi connectivity index (χ0) is 10.7. The summed E-state index contributed by atoms with van der Waals surface area (Å²) in [7, 11) is 0. The number of nitrogens with one attached hydrogen (secondary N) is 2. The normalized spacial score (nSPS) is 12.7. The maximum Gasteiger partial charge on any atom is 0.333 e. The molecule has 0 spiro atoms. The van der Waals surface area contributed by atoms with Crippen molar-refractivity contribution in [1.82, 2.24) is 14.5 Å². The molecule has 1 heterocycles. The second-order valence-electron chi connectivity index (χ2n) is 2.55. The van der Waals surface area contributed by atoms with Crippen molar-refractivity contribution in [3.05, 3.63) is 31.5 Å². The van der Waals surface area contributed by atoms with Crippen molar-refractivity contribution < 1.29 is 0 Å². The third-order valence-corrected chi connectivity index (χ3v) is 3.74. The van der Waals surface area contributed by atoms with E-state index in [1.54, 1.807) is 0 Å². The van der Waals surface area contributed by atoms with Gasteiger partial charge in [0.05, 0.1) is 0 Å². The number of hydrogen-bond donors (Lipinski definition) is 2. The highest BCUT2D eigenvalue weighted by Gasteiger charge is 2.08. The first-order valence-corrected chi connectivity index (χ1v) is 5.71. The van der Waals surface area contributed by atoms with Crippen LogP contribution in [0.25, 0.3) is 0 Å². The van der Waals surface area contributed by atoms with E-state index in [0.717, 1.165) is 4.57 Å². The van der Waals surface area contributed by atoms with Crippen molar-refractivity contribution in [3.63, 3.8) is 0 Å². The third kappa shape index (κ3) is 2.68. The number of halogens is 2. The number of H-pyrrole nitrogens is 2. The highest BCUT2D eigenvalue weighted by atomic mass is 79.9. The molecule has 0 saturated carbocycles. The van der Waals surface area contributed by atoms with Gasteiger partial charge in [-0.05, 0) is 0 Å². The van der Waals surface area contributed by atoms with Gasteiger partial charge in [0.2, 0.25) is 0 Å². The molecule has 0 aromatic carbocycles. The summed E-state index contributed by atoms with van der Waals surface area (Å²) >= 11 is 6.44. The van der Waals surface area contributed by atoms with E-state index in [1.807, 2.05) is 9.97 Å². The predicted octanol–water partition coefficient (Wildman–Crippen LogP) is -0.617. The minimum Gasteiger partial charge on any atom is -0.259 e. The van der Waals surface area contributed by atoms with Gasteiger partial charge in [0, 0.05) is 16.7 Å². The van der Waals surface area contributed by atoms with Gasteiger partial charge in [-0.3, -0.25) is 9.97 Å². The lowest BCUT2D eigenvalue weighted by Gasteiger charge is -2.06. The molecule has 0 aliphatic rings. The fourth-order valence-electron chi connectivity index (χ4n) is 0.865. The minimum absolute atomic E-state index is 0.0489. The van der Waals surface area contributed by atoms with E-state index in [4.69, 9.17) is 0 Å². The van der Waals surface area contributed by atoms with E-state index in [1.165, 1.54) is 0 Å². The van der Waals surface area contributed by atoms with Gasteiger partial charge in [0.25, 0.3) is 0 Å². The van der Waals surface area contributed by atoms with Crippen molar-refractivity contribution in [2.24, 2.45) is 0 Å². The predicted molar refractivity (Wildman–Crippen MR) is 58.5 cm³/mol. The molecule has 0 fully saturated rings. The molecule has 8 heteroatoms. The number of aromatic amines is 2. The Morgan fingerprint density at radius 1 is 1.21 bits per heavy atom. The molecular formula is C6H7Br2N3O3. The van der Waals surface area contributed by atoms with Crippen LogP contribution in [0.1, 0.15) is 0 Å². The molecule has 14 heavy (non-hydrogen) atoms. The summed E-state index contributed by atoms with van der Waals surface area (Å²) < 4.78 is 0.919. The molecule has 0 saturated heterocycles. The van der Waals surface area contributed by atoms with Crippen LogP contribution in [0.4, 0.5) is 0 Å². The summed E-state index contributed by atoms with van der Waals surface area (Å²) in [5, 5.41) is 0.595. The molecule has 0 amide bonds. The molecule has 1 atom stereocenters. The van der Waals surface area contributed by atoms with E-state index in [0.29, 0.717) is 5.33 Å². The first-order chi connectivity index (χ1) is 6.54. The summed E-state index contributed by atoms with van der Waals surface area (Å²) in [4.78, 5) is 36.9. The molecule has 78 valence electrons. The van der Waals surface area contributed by atoms with Crippen LogP contribution in [-0.2, 0) is 6.54 Å². The smallest absolute Gasteiger partial charge is 0.259 e. The van der Waals surface area contributed by atoms with Crippen molar-refractivity contribution in [1.29, 1.82) is 0 Å². The van der Waals surface area contributed by atoms with Crippen LogP contribution in [0.2, 0.25) is 0 Å². The van der Waals surface area contributed by atoms with Crippen LogP contribution < -0.4 is 17.1 Å². The van der Waals surface area contributed by atoms with Gasteiger partial charge >= 0.3 is 17.1 Å². The highest BCUT2D eigenvalue weighted by Crippen LogP contribution is 2.03. The number of alkyl halides is 2. The van der Waals surface area contributed by atoms with Crippen LogP contribution in [0.15, 0.2) is 14.4 Å². The Labute approximate surface area is 94.6 Å². The number of nitrogens with zero attached hydrogens (tertiary/aromatic N) is 1. The summed E-state index contributed by atoms with van der Waals surface area (Å²) in [5.41, 5.74) is -2.20. The Morgan fingerprint density at radius 2 is 1.71 bits per heavy atom. The van der Waals surface area contributed by atoms with Gasteiger partial charge in [0.15, 0.2) is 0 Å². The zero-order valence-corrected chi connectivity index (χ0v) is 10.1. The molecule has 1 rings (SSSR count). The summed E-state index contributed by atoms with van der Waals surface area (Å²) in [6.07, 6.45) is 0. The van der Waals surface area contributed by atoms with E-state index >= 15 is 0 Å². The lowest BCUT2D eigenvalue weighted by Crippen LogP contribution is -2.44. The first-order valence-electron chi connectivity index (χ1n) is 3.68. The summed E-state index contributed by atoms with van der Waals surface area (Å²) in [5.74, 6) is 0. The number of rotatable bonds is 3. The first kappa shape index (κ1) is 11.4. The van der Waals surface area contributed by atoms with Crippen molar-refractivity contribution >= 4 is 31.9 Å². The fourth-order valence-corrected chi connectivity index (χ4v) is 1.36. The number of aromatic nitrogens is 3. The van der Waals surface area contributed by atoms with Crippen LogP contribution in [-0.4, -0.2) is 24.7 Å². The van der Waals surface area contributed by atoms with E-state index in [2.05, 4.69) is 31.9 Å². The van der Waals surface area contributed by atoms with Crippen LogP contribution in [0, 0.1) is 0 Å². The molecule has 0 aliphatic carbocycles. The molecular weight excluding hydrogens is 322 g/mol. The van der Waals surface area contributed by atoms with E-state index in [-0.39, 0.29) is 11.4 Å². The topological polar surface area (TPSA) is 87.7 Å². The van der Waals surface area contributed by atoms with Crippen molar-refractivity contribution in [3.8, 4) is 0 Å². The Morgan fingerprint density at radius 3 is 2.14 bits per heavy atom. The lowest BCUT2D eigenvalue weighted by molar-refractivity contribution is 0.601.